The molecule has 1 amide bonds. The van der Waals surface area contributed by atoms with Crippen molar-refractivity contribution in [1.82, 2.24) is 14.8 Å². The number of aromatic nitrogens is 1. The highest BCUT2D eigenvalue weighted by Gasteiger charge is 2.23. The molecule has 0 spiro atoms. The third kappa shape index (κ3) is 3.52. The molecule has 3 aromatic rings. The van der Waals surface area contributed by atoms with E-state index in [0.717, 1.165) is 28.5 Å². The smallest absolute Gasteiger partial charge is 0.270 e. The lowest BCUT2D eigenvalue weighted by Gasteiger charge is -2.34. The first-order valence-electron chi connectivity index (χ1n) is 8.63. The second-order valence-corrected chi connectivity index (χ2v) is 7.49. The summed E-state index contributed by atoms with van der Waals surface area (Å²) in [4.78, 5) is 20.0. The molecule has 1 fully saturated rings. The molecule has 1 aliphatic heterocycles. The van der Waals surface area contributed by atoms with Crippen LogP contribution >= 0.6 is 15.9 Å². The summed E-state index contributed by atoms with van der Waals surface area (Å²) >= 11 is 3.28. The van der Waals surface area contributed by atoms with Crippen LogP contribution in [0.25, 0.3) is 10.9 Å². The standard InChI is InChI=1S/C20H19BrFN3O/c21-16-6-5-15(17(22)12-16)13-24-7-9-25(10-8-24)20(26)19-11-14-3-1-2-4-18(14)23-19/h1-6,11-12,23H,7-10,13H2. The van der Waals surface area contributed by atoms with Crippen molar-refractivity contribution in [2.24, 2.45) is 0 Å². The molecule has 0 aliphatic carbocycles. The molecular formula is C20H19BrFN3O. The van der Waals surface area contributed by atoms with Crippen molar-refractivity contribution in [3.63, 3.8) is 0 Å². The largest absolute Gasteiger partial charge is 0.351 e. The number of halogens is 2. The van der Waals surface area contributed by atoms with Gasteiger partial charge >= 0.3 is 0 Å². The maximum absolute atomic E-state index is 14.0. The minimum atomic E-state index is -0.198. The molecule has 0 saturated carbocycles. The minimum Gasteiger partial charge on any atom is -0.351 e. The Morgan fingerprint density at radius 3 is 2.58 bits per heavy atom. The van der Waals surface area contributed by atoms with Gasteiger partial charge < -0.3 is 9.88 Å². The summed E-state index contributed by atoms with van der Waals surface area (Å²) in [6.45, 7) is 3.33. The van der Waals surface area contributed by atoms with E-state index in [4.69, 9.17) is 0 Å². The number of hydrogen-bond acceptors (Lipinski definition) is 2. The summed E-state index contributed by atoms with van der Waals surface area (Å²) in [5.74, 6) is -0.174. The fraction of sp³-hybridized carbons (Fsp3) is 0.250. The van der Waals surface area contributed by atoms with Crippen molar-refractivity contribution in [2.75, 3.05) is 26.2 Å². The number of rotatable bonds is 3. The molecule has 1 aromatic heterocycles. The normalized spacial score (nSPS) is 15.5. The second kappa shape index (κ2) is 7.21. The van der Waals surface area contributed by atoms with Gasteiger partial charge in [0.1, 0.15) is 11.5 Å². The zero-order valence-electron chi connectivity index (χ0n) is 14.2. The van der Waals surface area contributed by atoms with E-state index in [9.17, 15) is 9.18 Å². The van der Waals surface area contributed by atoms with Crippen LogP contribution in [0.15, 0.2) is 53.0 Å². The highest BCUT2D eigenvalue weighted by molar-refractivity contribution is 9.10. The predicted octanol–water partition coefficient (Wildman–Crippen LogP) is 4.03. The van der Waals surface area contributed by atoms with Gasteiger partial charge in [-0.05, 0) is 24.3 Å². The highest BCUT2D eigenvalue weighted by atomic mass is 79.9. The van der Waals surface area contributed by atoms with E-state index in [1.165, 1.54) is 6.07 Å². The zero-order chi connectivity index (χ0) is 18.1. The Morgan fingerprint density at radius 2 is 1.85 bits per heavy atom. The average Bonchev–Trinajstić information content (AvgIpc) is 3.08. The molecule has 26 heavy (non-hydrogen) atoms. The molecule has 0 unspecified atom stereocenters. The van der Waals surface area contributed by atoms with Gasteiger partial charge in [0.15, 0.2) is 0 Å². The fourth-order valence-corrected chi connectivity index (χ4v) is 3.69. The third-order valence-corrected chi connectivity index (χ3v) is 5.32. The van der Waals surface area contributed by atoms with Crippen LogP contribution in [0.4, 0.5) is 4.39 Å². The van der Waals surface area contributed by atoms with E-state index >= 15 is 0 Å². The lowest BCUT2D eigenvalue weighted by Crippen LogP contribution is -2.48. The number of fused-ring (bicyclic) bond motifs is 1. The van der Waals surface area contributed by atoms with Crippen LogP contribution in [0.5, 0.6) is 0 Å². The Balaban J connectivity index is 1.39. The number of para-hydroxylation sites is 1. The average molecular weight is 416 g/mol. The first-order valence-corrected chi connectivity index (χ1v) is 9.43. The van der Waals surface area contributed by atoms with Crippen LogP contribution in [-0.4, -0.2) is 46.9 Å². The summed E-state index contributed by atoms with van der Waals surface area (Å²) in [7, 11) is 0. The summed E-state index contributed by atoms with van der Waals surface area (Å²) < 4.78 is 14.8. The number of nitrogens with zero attached hydrogens (tertiary/aromatic N) is 2. The number of amides is 1. The van der Waals surface area contributed by atoms with Crippen LogP contribution in [0.1, 0.15) is 16.1 Å². The molecule has 2 heterocycles. The molecule has 4 rings (SSSR count). The van der Waals surface area contributed by atoms with Crippen molar-refractivity contribution >= 4 is 32.7 Å². The Hall–Kier alpha value is -2.18. The van der Waals surface area contributed by atoms with Crippen molar-refractivity contribution < 1.29 is 9.18 Å². The van der Waals surface area contributed by atoms with Gasteiger partial charge in [-0.1, -0.05) is 40.2 Å². The van der Waals surface area contributed by atoms with Gasteiger partial charge in [0, 0.05) is 53.7 Å². The monoisotopic (exact) mass is 415 g/mol. The first kappa shape index (κ1) is 17.2. The van der Waals surface area contributed by atoms with Crippen molar-refractivity contribution in [2.45, 2.75) is 6.54 Å². The Bertz CT molecular complexity index is 914. The number of nitrogens with one attached hydrogen (secondary N) is 1. The van der Waals surface area contributed by atoms with E-state index in [2.05, 4.69) is 25.8 Å². The Kier molecular flexibility index (Phi) is 4.78. The van der Waals surface area contributed by atoms with E-state index in [1.807, 2.05) is 41.3 Å². The quantitative estimate of drug-likeness (QED) is 0.701. The van der Waals surface area contributed by atoms with Crippen LogP contribution in [-0.2, 0) is 6.54 Å². The third-order valence-electron chi connectivity index (χ3n) is 4.83. The maximum atomic E-state index is 14.0. The summed E-state index contributed by atoms with van der Waals surface area (Å²) in [6, 6.07) is 14.9. The highest BCUT2D eigenvalue weighted by Crippen LogP contribution is 2.19. The molecule has 1 saturated heterocycles. The van der Waals surface area contributed by atoms with Crippen molar-refractivity contribution in [3.8, 4) is 0 Å². The SMILES string of the molecule is O=C(c1cc2ccccc2[nH]1)N1CCN(Cc2ccc(Br)cc2F)CC1. The number of carbonyl (C=O) groups excluding carboxylic acids is 1. The number of H-pyrrole nitrogens is 1. The van der Waals surface area contributed by atoms with Crippen molar-refractivity contribution in [3.05, 3.63) is 70.1 Å². The van der Waals surface area contributed by atoms with Gasteiger partial charge in [-0.25, -0.2) is 4.39 Å². The predicted molar refractivity (Wildman–Crippen MR) is 104 cm³/mol. The molecule has 0 radical (unpaired) electrons. The van der Waals surface area contributed by atoms with Crippen LogP contribution in [0.3, 0.4) is 0 Å². The molecule has 2 aromatic carbocycles. The molecule has 134 valence electrons. The van der Waals surface area contributed by atoms with E-state index in [1.54, 1.807) is 6.07 Å². The molecule has 0 atom stereocenters. The Labute approximate surface area is 159 Å². The number of carbonyl (C=O) groups is 1. The Morgan fingerprint density at radius 1 is 1.08 bits per heavy atom. The molecule has 1 N–H and O–H groups in total. The maximum Gasteiger partial charge on any atom is 0.270 e. The lowest BCUT2D eigenvalue weighted by molar-refractivity contribution is 0.0622. The number of benzene rings is 2. The van der Waals surface area contributed by atoms with Gasteiger partial charge in [-0.3, -0.25) is 9.69 Å². The molecule has 4 nitrogen and oxygen atoms in total. The van der Waals surface area contributed by atoms with Crippen LogP contribution < -0.4 is 0 Å². The summed E-state index contributed by atoms with van der Waals surface area (Å²) in [6.07, 6.45) is 0. The van der Waals surface area contributed by atoms with Gasteiger partial charge in [-0.15, -0.1) is 0 Å². The molecule has 1 aliphatic rings. The minimum absolute atomic E-state index is 0.0238. The van der Waals surface area contributed by atoms with E-state index in [0.29, 0.717) is 30.9 Å². The van der Waals surface area contributed by atoms with E-state index in [-0.39, 0.29) is 11.7 Å². The lowest BCUT2D eigenvalue weighted by atomic mass is 10.2. The van der Waals surface area contributed by atoms with E-state index < -0.39 is 0 Å². The fourth-order valence-electron chi connectivity index (χ4n) is 3.36. The topological polar surface area (TPSA) is 39.3 Å². The zero-order valence-corrected chi connectivity index (χ0v) is 15.8. The second-order valence-electron chi connectivity index (χ2n) is 6.57. The number of hydrogen-bond donors (Lipinski definition) is 1. The van der Waals surface area contributed by atoms with Crippen molar-refractivity contribution in [1.29, 1.82) is 0 Å². The molecular weight excluding hydrogens is 397 g/mol. The summed E-state index contributed by atoms with van der Waals surface area (Å²) in [5.41, 5.74) is 2.28. The summed E-state index contributed by atoms with van der Waals surface area (Å²) in [5, 5.41) is 1.04. The van der Waals surface area contributed by atoms with Gasteiger partial charge in [-0.2, -0.15) is 0 Å². The number of aromatic amines is 1. The van der Waals surface area contributed by atoms with Crippen LogP contribution in [0.2, 0.25) is 0 Å². The van der Waals surface area contributed by atoms with Gasteiger partial charge in [0.2, 0.25) is 0 Å². The van der Waals surface area contributed by atoms with Gasteiger partial charge in [0.25, 0.3) is 5.91 Å². The van der Waals surface area contributed by atoms with Crippen LogP contribution in [0, 0.1) is 5.82 Å². The van der Waals surface area contributed by atoms with Gasteiger partial charge in [0.05, 0.1) is 0 Å². The molecule has 6 heteroatoms. The first-order chi connectivity index (χ1) is 12.6. The number of piperazine rings is 1. The molecule has 0 bridgehead atoms.